The van der Waals surface area contributed by atoms with Gasteiger partial charge in [-0.2, -0.15) is 0 Å². The van der Waals surface area contributed by atoms with Gasteiger partial charge in [0, 0.05) is 13.6 Å². The van der Waals surface area contributed by atoms with Crippen molar-refractivity contribution < 1.29 is 9.53 Å². The van der Waals surface area contributed by atoms with Gasteiger partial charge < -0.3 is 15.4 Å². The molecule has 0 heterocycles. The highest BCUT2D eigenvalue weighted by atomic mass is 16.5. The first-order valence-electron chi connectivity index (χ1n) is 7.01. The lowest BCUT2D eigenvalue weighted by Gasteiger charge is -2.30. The molecule has 0 saturated heterocycles. The van der Waals surface area contributed by atoms with Gasteiger partial charge in [-0.25, -0.2) is 0 Å². The number of nitrogens with zero attached hydrogens (tertiary/aromatic N) is 1. The molecular weight excluding hydrogens is 252 g/mol. The van der Waals surface area contributed by atoms with Crippen molar-refractivity contribution in [3.05, 3.63) is 30.3 Å². The lowest BCUT2D eigenvalue weighted by atomic mass is 9.86. The molecule has 0 aliphatic heterocycles. The van der Waals surface area contributed by atoms with Crippen LogP contribution in [0.2, 0.25) is 0 Å². The number of carbonyl (C=O) groups excluding carboxylic acids is 1. The minimum absolute atomic E-state index is 0.0165. The number of hydrogen-bond donors (Lipinski definition) is 1. The fourth-order valence-electron chi connectivity index (χ4n) is 1.73. The summed E-state index contributed by atoms with van der Waals surface area (Å²) in [6, 6.07) is 9.20. The molecule has 20 heavy (non-hydrogen) atoms. The van der Waals surface area contributed by atoms with E-state index < -0.39 is 6.04 Å². The third-order valence-corrected chi connectivity index (χ3v) is 3.23. The summed E-state index contributed by atoms with van der Waals surface area (Å²) in [7, 11) is 1.79. The van der Waals surface area contributed by atoms with Gasteiger partial charge in [0.15, 0.2) is 0 Å². The van der Waals surface area contributed by atoms with Gasteiger partial charge in [-0.1, -0.05) is 39.0 Å². The molecule has 0 unspecified atom stereocenters. The van der Waals surface area contributed by atoms with E-state index in [1.54, 1.807) is 11.9 Å². The SMILES string of the molecule is CN(CCCOc1ccccc1)C(=O)[C@H](N)C(C)(C)C. The standard InChI is InChI=1S/C16H26N2O2/c1-16(2,3)14(17)15(19)18(4)11-8-12-20-13-9-6-5-7-10-13/h5-7,9-10,14H,8,11-12,17H2,1-4H3/t14-/m0/s1. The van der Waals surface area contributed by atoms with Gasteiger partial charge in [-0.15, -0.1) is 0 Å². The number of nitrogens with two attached hydrogens (primary N) is 1. The average Bonchev–Trinajstić information content (AvgIpc) is 2.41. The summed E-state index contributed by atoms with van der Waals surface area (Å²) in [6.07, 6.45) is 0.786. The number of rotatable bonds is 6. The molecule has 0 aliphatic rings. The topological polar surface area (TPSA) is 55.6 Å². The monoisotopic (exact) mass is 278 g/mol. The first kappa shape index (κ1) is 16.5. The normalized spacial score (nSPS) is 12.8. The molecule has 0 saturated carbocycles. The van der Waals surface area contributed by atoms with E-state index >= 15 is 0 Å². The number of likely N-dealkylation sites (N-methyl/N-ethyl adjacent to an activating group) is 1. The van der Waals surface area contributed by atoms with Crippen LogP contribution in [0, 0.1) is 5.41 Å². The lowest BCUT2D eigenvalue weighted by molar-refractivity contribution is -0.133. The van der Waals surface area contributed by atoms with Crippen LogP contribution < -0.4 is 10.5 Å². The van der Waals surface area contributed by atoms with Gasteiger partial charge in [-0.3, -0.25) is 4.79 Å². The number of benzene rings is 1. The second-order valence-electron chi connectivity index (χ2n) is 6.12. The zero-order valence-electron chi connectivity index (χ0n) is 12.9. The fourth-order valence-corrected chi connectivity index (χ4v) is 1.73. The van der Waals surface area contributed by atoms with Crippen LogP contribution in [0.1, 0.15) is 27.2 Å². The maximum Gasteiger partial charge on any atom is 0.239 e. The van der Waals surface area contributed by atoms with Crippen LogP contribution in [0.15, 0.2) is 30.3 Å². The second kappa shape index (κ2) is 7.29. The summed E-state index contributed by atoms with van der Waals surface area (Å²) in [6.45, 7) is 7.16. The number of hydrogen-bond acceptors (Lipinski definition) is 3. The maximum atomic E-state index is 12.1. The summed E-state index contributed by atoms with van der Waals surface area (Å²) in [4.78, 5) is 13.8. The Balaban J connectivity index is 2.30. The molecule has 0 radical (unpaired) electrons. The van der Waals surface area contributed by atoms with Crippen LogP contribution in [0.4, 0.5) is 0 Å². The Morgan fingerprint density at radius 1 is 1.30 bits per heavy atom. The van der Waals surface area contributed by atoms with Crippen molar-refractivity contribution in [1.82, 2.24) is 4.90 Å². The molecule has 2 N–H and O–H groups in total. The second-order valence-corrected chi connectivity index (χ2v) is 6.12. The van der Waals surface area contributed by atoms with E-state index in [2.05, 4.69) is 0 Å². The molecule has 0 aliphatic carbocycles. The van der Waals surface area contributed by atoms with Crippen molar-refractivity contribution in [2.24, 2.45) is 11.1 Å². The van der Waals surface area contributed by atoms with E-state index in [9.17, 15) is 4.79 Å². The van der Waals surface area contributed by atoms with Crippen molar-refractivity contribution >= 4 is 5.91 Å². The average molecular weight is 278 g/mol. The Morgan fingerprint density at radius 3 is 2.45 bits per heavy atom. The van der Waals surface area contributed by atoms with Crippen molar-refractivity contribution in [2.75, 3.05) is 20.2 Å². The summed E-state index contributed by atoms with van der Waals surface area (Å²) in [5, 5.41) is 0. The third kappa shape index (κ3) is 5.21. The molecule has 112 valence electrons. The van der Waals surface area contributed by atoms with Crippen LogP contribution in [0.25, 0.3) is 0 Å². The van der Waals surface area contributed by atoms with Gasteiger partial charge >= 0.3 is 0 Å². The summed E-state index contributed by atoms with van der Waals surface area (Å²) < 4.78 is 5.59. The summed E-state index contributed by atoms with van der Waals surface area (Å²) in [5.41, 5.74) is 5.75. The van der Waals surface area contributed by atoms with E-state index in [0.717, 1.165) is 12.2 Å². The predicted molar refractivity (Wildman–Crippen MR) is 81.6 cm³/mol. The molecular formula is C16H26N2O2. The molecule has 4 nitrogen and oxygen atoms in total. The Morgan fingerprint density at radius 2 is 1.90 bits per heavy atom. The Hall–Kier alpha value is -1.55. The van der Waals surface area contributed by atoms with Gasteiger partial charge in [0.05, 0.1) is 12.6 Å². The largest absolute Gasteiger partial charge is 0.494 e. The first-order chi connectivity index (χ1) is 9.32. The van der Waals surface area contributed by atoms with Crippen molar-refractivity contribution in [2.45, 2.75) is 33.2 Å². The highest BCUT2D eigenvalue weighted by Gasteiger charge is 2.29. The molecule has 0 aromatic heterocycles. The van der Waals surface area contributed by atoms with E-state index in [-0.39, 0.29) is 11.3 Å². The van der Waals surface area contributed by atoms with E-state index in [4.69, 9.17) is 10.5 Å². The zero-order valence-corrected chi connectivity index (χ0v) is 12.9. The maximum absolute atomic E-state index is 12.1. The van der Waals surface area contributed by atoms with Crippen LogP contribution in [0.5, 0.6) is 5.75 Å². The number of amides is 1. The number of para-hydroxylation sites is 1. The summed E-state index contributed by atoms with van der Waals surface area (Å²) >= 11 is 0. The Labute approximate surface area is 121 Å². The highest BCUT2D eigenvalue weighted by molar-refractivity contribution is 5.82. The van der Waals surface area contributed by atoms with E-state index in [1.807, 2.05) is 51.1 Å². The molecule has 0 spiro atoms. The van der Waals surface area contributed by atoms with Crippen LogP contribution in [-0.2, 0) is 4.79 Å². The highest BCUT2D eigenvalue weighted by Crippen LogP contribution is 2.18. The minimum atomic E-state index is -0.470. The quantitative estimate of drug-likeness (QED) is 0.812. The Bertz CT molecular complexity index is 412. The van der Waals surface area contributed by atoms with Gasteiger partial charge in [-0.05, 0) is 24.0 Å². The van der Waals surface area contributed by atoms with Crippen molar-refractivity contribution in [3.8, 4) is 5.75 Å². The Kier molecular flexibility index (Phi) is 6.02. The van der Waals surface area contributed by atoms with E-state index in [1.165, 1.54) is 0 Å². The summed E-state index contributed by atoms with van der Waals surface area (Å²) in [5.74, 6) is 0.838. The molecule has 1 atom stereocenters. The van der Waals surface area contributed by atoms with Gasteiger partial charge in [0.1, 0.15) is 5.75 Å². The van der Waals surface area contributed by atoms with Gasteiger partial charge in [0.25, 0.3) is 0 Å². The molecule has 1 amide bonds. The first-order valence-corrected chi connectivity index (χ1v) is 7.01. The van der Waals surface area contributed by atoms with Crippen LogP contribution in [-0.4, -0.2) is 37.0 Å². The fraction of sp³-hybridized carbons (Fsp3) is 0.562. The molecule has 4 heteroatoms. The predicted octanol–water partition coefficient (Wildman–Crippen LogP) is 2.29. The van der Waals surface area contributed by atoms with Crippen molar-refractivity contribution in [1.29, 1.82) is 0 Å². The molecule has 1 aromatic rings. The molecule has 0 fully saturated rings. The molecule has 0 bridgehead atoms. The third-order valence-electron chi connectivity index (χ3n) is 3.23. The molecule has 1 aromatic carbocycles. The van der Waals surface area contributed by atoms with Gasteiger partial charge in [0.2, 0.25) is 5.91 Å². The van der Waals surface area contributed by atoms with Crippen LogP contribution >= 0.6 is 0 Å². The molecule has 1 rings (SSSR count). The minimum Gasteiger partial charge on any atom is -0.494 e. The number of carbonyl (C=O) groups is 1. The zero-order chi connectivity index (χ0) is 15.2. The smallest absolute Gasteiger partial charge is 0.239 e. The van der Waals surface area contributed by atoms with Crippen LogP contribution in [0.3, 0.4) is 0 Å². The van der Waals surface area contributed by atoms with Crippen molar-refractivity contribution in [3.63, 3.8) is 0 Å². The van der Waals surface area contributed by atoms with E-state index in [0.29, 0.717) is 13.2 Å². The lowest BCUT2D eigenvalue weighted by Crippen LogP contribution is -2.49. The number of ether oxygens (including phenoxy) is 1.